The van der Waals surface area contributed by atoms with Crippen LogP contribution < -0.4 is 10.6 Å². The molecule has 0 aliphatic carbocycles. The van der Waals surface area contributed by atoms with Crippen LogP contribution in [-0.2, 0) is 0 Å². The standard InChI is InChI=1S/C15H17N5/c1-15(2,3)20-13-8-9-17-14(19-13)18-12-7-5-4-6-11(12)10-16/h4-9H,1-3H3,(H2,17,18,19,20). The van der Waals surface area contributed by atoms with Gasteiger partial charge in [-0.1, -0.05) is 12.1 Å². The third-order valence-electron chi connectivity index (χ3n) is 2.45. The van der Waals surface area contributed by atoms with E-state index in [2.05, 4.69) is 47.4 Å². The van der Waals surface area contributed by atoms with Crippen LogP contribution in [0, 0.1) is 11.3 Å². The molecule has 0 fully saturated rings. The SMILES string of the molecule is CC(C)(C)Nc1ccnc(Nc2ccccc2C#N)n1. The van der Waals surface area contributed by atoms with E-state index in [-0.39, 0.29) is 5.54 Å². The van der Waals surface area contributed by atoms with Crippen LogP contribution in [0.5, 0.6) is 0 Å². The minimum absolute atomic E-state index is 0.0732. The topological polar surface area (TPSA) is 73.6 Å². The molecule has 102 valence electrons. The van der Waals surface area contributed by atoms with Crippen molar-refractivity contribution in [3.63, 3.8) is 0 Å². The van der Waals surface area contributed by atoms with Gasteiger partial charge in [0.1, 0.15) is 11.9 Å². The fourth-order valence-electron chi connectivity index (χ4n) is 1.68. The summed E-state index contributed by atoms with van der Waals surface area (Å²) in [4.78, 5) is 8.55. The summed E-state index contributed by atoms with van der Waals surface area (Å²) in [6.45, 7) is 6.19. The minimum atomic E-state index is -0.0732. The smallest absolute Gasteiger partial charge is 0.229 e. The Morgan fingerprint density at radius 3 is 2.60 bits per heavy atom. The third kappa shape index (κ3) is 3.69. The number of nitriles is 1. The number of nitrogens with one attached hydrogen (secondary N) is 2. The molecule has 0 spiro atoms. The van der Waals surface area contributed by atoms with Crippen LogP contribution in [0.15, 0.2) is 36.5 Å². The van der Waals surface area contributed by atoms with E-state index >= 15 is 0 Å². The summed E-state index contributed by atoms with van der Waals surface area (Å²) in [5.74, 6) is 1.20. The van der Waals surface area contributed by atoms with Gasteiger partial charge in [-0.2, -0.15) is 10.2 Å². The van der Waals surface area contributed by atoms with Crippen molar-refractivity contribution in [3.8, 4) is 6.07 Å². The van der Waals surface area contributed by atoms with Gasteiger partial charge in [0.25, 0.3) is 0 Å². The van der Waals surface area contributed by atoms with Gasteiger partial charge in [-0.15, -0.1) is 0 Å². The summed E-state index contributed by atoms with van der Waals surface area (Å²) in [6.07, 6.45) is 1.68. The zero-order valence-corrected chi connectivity index (χ0v) is 11.8. The highest BCUT2D eigenvalue weighted by atomic mass is 15.2. The molecule has 0 bridgehead atoms. The van der Waals surface area contributed by atoms with E-state index in [0.29, 0.717) is 17.2 Å². The molecule has 1 heterocycles. The number of para-hydroxylation sites is 1. The Bertz CT molecular complexity index is 637. The van der Waals surface area contributed by atoms with Crippen LogP contribution in [-0.4, -0.2) is 15.5 Å². The van der Waals surface area contributed by atoms with Gasteiger partial charge >= 0.3 is 0 Å². The molecular formula is C15H17N5. The Morgan fingerprint density at radius 1 is 1.15 bits per heavy atom. The molecule has 0 radical (unpaired) electrons. The van der Waals surface area contributed by atoms with Crippen molar-refractivity contribution in [3.05, 3.63) is 42.1 Å². The van der Waals surface area contributed by atoms with Crippen LogP contribution in [0.4, 0.5) is 17.5 Å². The van der Waals surface area contributed by atoms with Gasteiger partial charge in [0, 0.05) is 11.7 Å². The monoisotopic (exact) mass is 267 g/mol. The van der Waals surface area contributed by atoms with Crippen molar-refractivity contribution >= 4 is 17.5 Å². The van der Waals surface area contributed by atoms with Crippen molar-refractivity contribution < 1.29 is 0 Å². The summed E-state index contributed by atoms with van der Waals surface area (Å²) in [5.41, 5.74) is 1.18. The Kier molecular flexibility index (Phi) is 3.85. The molecule has 1 aromatic heterocycles. The molecule has 5 nitrogen and oxygen atoms in total. The summed E-state index contributed by atoms with van der Waals surface area (Å²) in [6, 6.07) is 11.2. The van der Waals surface area contributed by atoms with Gasteiger partial charge in [-0.25, -0.2) is 4.98 Å². The number of nitrogens with zero attached hydrogens (tertiary/aromatic N) is 3. The van der Waals surface area contributed by atoms with Crippen molar-refractivity contribution in [2.24, 2.45) is 0 Å². The van der Waals surface area contributed by atoms with Crippen LogP contribution >= 0.6 is 0 Å². The molecule has 0 unspecified atom stereocenters. The highest BCUT2D eigenvalue weighted by Gasteiger charge is 2.11. The second-order valence-corrected chi connectivity index (χ2v) is 5.42. The normalized spacial score (nSPS) is 10.7. The zero-order chi connectivity index (χ0) is 14.6. The lowest BCUT2D eigenvalue weighted by Crippen LogP contribution is -2.26. The third-order valence-corrected chi connectivity index (χ3v) is 2.45. The van der Waals surface area contributed by atoms with E-state index in [0.717, 1.165) is 5.82 Å². The first-order valence-electron chi connectivity index (χ1n) is 6.35. The molecule has 0 atom stereocenters. The fraction of sp³-hybridized carbons (Fsp3) is 0.267. The van der Waals surface area contributed by atoms with E-state index in [1.54, 1.807) is 12.3 Å². The van der Waals surface area contributed by atoms with E-state index < -0.39 is 0 Å². The molecule has 0 aliphatic heterocycles. The molecule has 0 saturated carbocycles. The summed E-state index contributed by atoms with van der Waals surface area (Å²) in [7, 11) is 0. The highest BCUT2D eigenvalue weighted by molar-refractivity contribution is 5.63. The number of hydrogen-bond donors (Lipinski definition) is 2. The number of benzene rings is 1. The Morgan fingerprint density at radius 2 is 1.90 bits per heavy atom. The number of anilines is 3. The highest BCUT2D eigenvalue weighted by Crippen LogP contribution is 2.19. The van der Waals surface area contributed by atoms with Crippen LogP contribution in [0.25, 0.3) is 0 Å². The van der Waals surface area contributed by atoms with Gasteiger partial charge in [-0.05, 0) is 39.0 Å². The molecule has 0 amide bonds. The maximum Gasteiger partial charge on any atom is 0.229 e. The maximum absolute atomic E-state index is 9.06. The number of hydrogen-bond acceptors (Lipinski definition) is 5. The first kappa shape index (κ1) is 13.8. The molecule has 0 aliphatic rings. The van der Waals surface area contributed by atoms with Crippen LogP contribution in [0.1, 0.15) is 26.3 Å². The lowest BCUT2D eigenvalue weighted by Gasteiger charge is -2.21. The first-order valence-corrected chi connectivity index (χ1v) is 6.35. The summed E-state index contributed by atoms with van der Waals surface area (Å²) in [5, 5.41) is 15.4. The lowest BCUT2D eigenvalue weighted by atomic mass is 10.1. The first-order chi connectivity index (χ1) is 9.48. The van der Waals surface area contributed by atoms with E-state index in [4.69, 9.17) is 5.26 Å². The number of rotatable bonds is 3. The second-order valence-electron chi connectivity index (χ2n) is 5.42. The van der Waals surface area contributed by atoms with Gasteiger partial charge < -0.3 is 10.6 Å². The average Bonchev–Trinajstić information content (AvgIpc) is 2.38. The predicted octanol–water partition coefficient (Wildman–Crippen LogP) is 3.30. The molecule has 20 heavy (non-hydrogen) atoms. The Hall–Kier alpha value is -2.61. The Balaban J connectivity index is 2.22. The molecule has 2 rings (SSSR count). The Labute approximate surface area is 118 Å². The van der Waals surface area contributed by atoms with Gasteiger partial charge in [0.2, 0.25) is 5.95 Å². The molecular weight excluding hydrogens is 250 g/mol. The molecule has 1 aromatic carbocycles. The van der Waals surface area contributed by atoms with Crippen molar-refractivity contribution in [2.75, 3.05) is 10.6 Å². The second kappa shape index (κ2) is 5.57. The quantitative estimate of drug-likeness (QED) is 0.892. The summed E-state index contributed by atoms with van der Waals surface area (Å²) < 4.78 is 0. The van der Waals surface area contributed by atoms with Crippen LogP contribution in [0.2, 0.25) is 0 Å². The zero-order valence-electron chi connectivity index (χ0n) is 11.8. The predicted molar refractivity (Wildman–Crippen MR) is 79.8 cm³/mol. The van der Waals surface area contributed by atoms with Crippen molar-refractivity contribution in [1.29, 1.82) is 5.26 Å². The van der Waals surface area contributed by atoms with Gasteiger partial charge in [-0.3, -0.25) is 0 Å². The lowest BCUT2D eigenvalue weighted by molar-refractivity contribution is 0.630. The average molecular weight is 267 g/mol. The fourth-order valence-corrected chi connectivity index (χ4v) is 1.68. The largest absolute Gasteiger partial charge is 0.365 e. The van der Waals surface area contributed by atoms with Crippen LogP contribution in [0.3, 0.4) is 0 Å². The van der Waals surface area contributed by atoms with Crippen molar-refractivity contribution in [2.45, 2.75) is 26.3 Å². The molecule has 5 heteroatoms. The van der Waals surface area contributed by atoms with E-state index in [1.807, 2.05) is 24.3 Å². The molecule has 2 N–H and O–H groups in total. The van der Waals surface area contributed by atoms with E-state index in [9.17, 15) is 0 Å². The summed E-state index contributed by atoms with van der Waals surface area (Å²) >= 11 is 0. The molecule has 0 saturated heterocycles. The molecule has 2 aromatic rings. The minimum Gasteiger partial charge on any atom is -0.365 e. The number of aromatic nitrogens is 2. The maximum atomic E-state index is 9.06. The van der Waals surface area contributed by atoms with Gasteiger partial charge in [0.05, 0.1) is 11.3 Å². The van der Waals surface area contributed by atoms with Gasteiger partial charge in [0.15, 0.2) is 0 Å². The van der Waals surface area contributed by atoms with Crippen molar-refractivity contribution in [1.82, 2.24) is 9.97 Å². The van der Waals surface area contributed by atoms with E-state index in [1.165, 1.54) is 0 Å².